The van der Waals surface area contributed by atoms with Gasteiger partial charge in [-0.2, -0.15) is 0 Å². The third-order valence-corrected chi connectivity index (χ3v) is 5.29. The standard InChI is InChI=1S/C18H20Se/c1-2-3-6-15-18(16-11-7-4-8-12-16)19-17-13-9-5-10-14-17/h4-5,7-15H,2-3,6H2,1H3/b18-15-. The summed E-state index contributed by atoms with van der Waals surface area (Å²) in [4.78, 5) is 0. The average Bonchev–Trinajstić information content (AvgIpc) is 2.48. The van der Waals surface area contributed by atoms with Gasteiger partial charge in [-0.05, 0) is 0 Å². The molecule has 0 unspecified atom stereocenters. The normalized spacial score (nSPS) is 11.5. The van der Waals surface area contributed by atoms with Crippen molar-refractivity contribution in [2.75, 3.05) is 0 Å². The van der Waals surface area contributed by atoms with Crippen molar-refractivity contribution in [2.45, 2.75) is 26.2 Å². The van der Waals surface area contributed by atoms with Crippen LogP contribution in [0.2, 0.25) is 0 Å². The first-order chi connectivity index (χ1) is 9.40. The number of benzene rings is 2. The van der Waals surface area contributed by atoms with E-state index in [0.29, 0.717) is 15.0 Å². The molecule has 0 amide bonds. The van der Waals surface area contributed by atoms with Crippen LogP contribution in [0.5, 0.6) is 0 Å². The minimum absolute atomic E-state index is 0.399. The van der Waals surface area contributed by atoms with Gasteiger partial charge in [0.05, 0.1) is 0 Å². The molecule has 2 aromatic rings. The molecule has 2 aromatic carbocycles. The van der Waals surface area contributed by atoms with E-state index in [2.05, 4.69) is 73.7 Å². The van der Waals surface area contributed by atoms with E-state index in [1.807, 2.05) is 0 Å². The Bertz CT molecular complexity index is 500. The van der Waals surface area contributed by atoms with Gasteiger partial charge in [0.15, 0.2) is 0 Å². The van der Waals surface area contributed by atoms with E-state index in [0.717, 1.165) is 0 Å². The summed E-state index contributed by atoms with van der Waals surface area (Å²) in [5, 5.41) is 0. The summed E-state index contributed by atoms with van der Waals surface area (Å²) in [7, 11) is 0. The second-order valence-corrected chi connectivity index (χ2v) is 6.83. The van der Waals surface area contributed by atoms with E-state index < -0.39 is 0 Å². The third kappa shape index (κ3) is 4.70. The van der Waals surface area contributed by atoms with Crippen LogP contribution in [0.15, 0.2) is 66.7 Å². The number of hydrogen-bond donors (Lipinski definition) is 0. The predicted octanol–water partition coefficient (Wildman–Crippen LogP) is 4.25. The fraction of sp³-hybridized carbons (Fsp3) is 0.222. The molecule has 0 spiro atoms. The van der Waals surface area contributed by atoms with Gasteiger partial charge in [0, 0.05) is 0 Å². The molecule has 0 saturated heterocycles. The monoisotopic (exact) mass is 316 g/mol. The predicted molar refractivity (Wildman–Crippen MR) is 85.8 cm³/mol. The van der Waals surface area contributed by atoms with Crippen LogP contribution in [0.3, 0.4) is 0 Å². The Morgan fingerprint density at radius 2 is 1.58 bits per heavy atom. The number of unbranched alkanes of at least 4 members (excludes halogenated alkanes) is 2. The zero-order chi connectivity index (χ0) is 13.3. The Morgan fingerprint density at radius 3 is 2.21 bits per heavy atom. The SMILES string of the molecule is CCCC/C=C(\[Se]c1ccccc1)c1ccccc1. The Hall–Kier alpha value is -1.30. The van der Waals surface area contributed by atoms with E-state index in [9.17, 15) is 0 Å². The molecule has 2 rings (SSSR count). The summed E-state index contributed by atoms with van der Waals surface area (Å²) < 4.78 is 2.95. The first-order valence-electron chi connectivity index (χ1n) is 6.88. The van der Waals surface area contributed by atoms with Crippen molar-refractivity contribution in [1.82, 2.24) is 0 Å². The van der Waals surface area contributed by atoms with Crippen molar-refractivity contribution in [3.05, 3.63) is 72.3 Å². The zero-order valence-corrected chi connectivity index (χ0v) is 13.1. The zero-order valence-electron chi connectivity index (χ0n) is 11.4. The molecule has 0 radical (unpaired) electrons. The fourth-order valence-corrected chi connectivity index (χ4v) is 3.98. The van der Waals surface area contributed by atoms with Crippen LogP contribution in [0.1, 0.15) is 31.7 Å². The quantitative estimate of drug-likeness (QED) is 0.552. The van der Waals surface area contributed by atoms with Crippen molar-refractivity contribution in [3.63, 3.8) is 0 Å². The van der Waals surface area contributed by atoms with Crippen LogP contribution in [0, 0.1) is 0 Å². The molecular formula is C18H20Se. The van der Waals surface area contributed by atoms with Crippen LogP contribution in [-0.2, 0) is 0 Å². The molecule has 0 N–H and O–H groups in total. The Morgan fingerprint density at radius 1 is 0.947 bits per heavy atom. The molecule has 98 valence electrons. The van der Waals surface area contributed by atoms with Crippen molar-refractivity contribution in [1.29, 1.82) is 0 Å². The summed E-state index contributed by atoms with van der Waals surface area (Å²) in [5.41, 5.74) is 1.38. The van der Waals surface area contributed by atoms with Crippen molar-refractivity contribution >= 4 is 23.9 Å². The summed E-state index contributed by atoms with van der Waals surface area (Å²) in [5.74, 6) is 0. The molecule has 0 bridgehead atoms. The summed E-state index contributed by atoms with van der Waals surface area (Å²) in [6.45, 7) is 2.25. The van der Waals surface area contributed by atoms with E-state index in [4.69, 9.17) is 0 Å². The van der Waals surface area contributed by atoms with E-state index in [-0.39, 0.29) is 0 Å². The van der Waals surface area contributed by atoms with E-state index in [1.165, 1.54) is 33.8 Å². The molecule has 0 fully saturated rings. The topological polar surface area (TPSA) is 0 Å². The molecule has 0 aliphatic carbocycles. The fourth-order valence-electron chi connectivity index (χ4n) is 1.87. The summed E-state index contributed by atoms with van der Waals surface area (Å²) in [6, 6.07) is 21.6. The molecule has 0 nitrogen and oxygen atoms in total. The first-order valence-corrected chi connectivity index (χ1v) is 8.60. The summed E-state index contributed by atoms with van der Waals surface area (Å²) in [6.07, 6.45) is 6.17. The molecule has 19 heavy (non-hydrogen) atoms. The second-order valence-electron chi connectivity index (χ2n) is 4.49. The Kier molecular flexibility index (Phi) is 5.93. The summed E-state index contributed by atoms with van der Waals surface area (Å²) >= 11 is 0.399. The van der Waals surface area contributed by atoms with Crippen LogP contribution in [0.25, 0.3) is 4.47 Å². The van der Waals surface area contributed by atoms with Gasteiger partial charge in [0.25, 0.3) is 0 Å². The van der Waals surface area contributed by atoms with Gasteiger partial charge in [-0.25, -0.2) is 0 Å². The molecular weight excluding hydrogens is 295 g/mol. The van der Waals surface area contributed by atoms with Crippen LogP contribution in [-0.4, -0.2) is 15.0 Å². The van der Waals surface area contributed by atoms with Crippen LogP contribution in [0.4, 0.5) is 0 Å². The van der Waals surface area contributed by atoms with E-state index in [1.54, 1.807) is 0 Å². The average molecular weight is 315 g/mol. The van der Waals surface area contributed by atoms with Gasteiger partial charge < -0.3 is 0 Å². The van der Waals surface area contributed by atoms with E-state index >= 15 is 0 Å². The molecule has 1 heteroatoms. The van der Waals surface area contributed by atoms with Crippen molar-refractivity contribution in [3.8, 4) is 0 Å². The number of allylic oxidation sites excluding steroid dienone is 1. The van der Waals surface area contributed by atoms with Crippen LogP contribution < -0.4 is 4.46 Å². The molecule has 0 aliphatic heterocycles. The second kappa shape index (κ2) is 7.99. The van der Waals surface area contributed by atoms with Gasteiger partial charge in [0.2, 0.25) is 0 Å². The van der Waals surface area contributed by atoms with Gasteiger partial charge in [0.1, 0.15) is 0 Å². The van der Waals surface area contributed by atoms with Gasteiger partial charge in [-0.3, -0.25) is 0 Å². The Balaban J connectivity index is 2.17. The molecule has 0 aliphatic rings. The van der Waals surface area contributed by atoms with Crippen molar-refractivity contribution < 1.29 is 0 Å². The number of rotatable bonds is 6. The first kappa shape index (κ1) is 14.1. The third-order valence-electron chi connectivity index (χ3n) is 2.92. The molecule has 0 saturated carbocycles. The molecule has 0 heterocycles. The van der Waals surface area contributed by atoms with Crippen LogP contribution >= 0.6 is 0 Å². The molecule has 0 atom stereocenters. The minimum atomic E-state index is 0.399. The Labute approximate surface area is 122 Å². The van der Waals surface area contributed by atoms with Gasteiger partial charge in [-0.1, -0.05) is 0 Å². The van der Waals surface area contributed by atoms with Gasteiger partial charge >= 0.3 is 122 Å². The van der Waals surface area contributed by atoms with Gasteiger partial charge in [-0.15, -0.1) is 0 Å². The maximum atomic E-state index is 2.44. The number of hydrogen-bond acceptors (Lipinski definition) is 0. The maximum absolute atomic E-state index is 2.44. The van der Waals surface area contributed by atoms with Crippen molar-refractivity contribution in [2.24, 2.45) is 0 Å². The molecule has 0 aromatic heterocycles.